The number of aliphatic hydroxyl groups is 3. The predicted molar refractivity (Wildman–Crippen MR) is 116 cm³/mol. The minimum Gasteiger partial charge on any atom is -0.508 e. The van der Waals surface area contributed by atoms with Crippen molar-refractivity contribution in [2.75, 3.05) is 0 Å². The molecule has 1 heterocycles. The van der Waals surface area contributed by atoms with E-state index in [1.165, 1.54) is 24.7 Å². The number of carbonyl (C=O) groups is 3. The van der Waals surface area contributed by atoms with Crippen molar-refractivity contribution >= 4 is 23.2 Å². The van der Waals surface area contributed by atoms with Gasteiger partial charge < -0.3 is 31.4 Å². The molecule has 3 atom stereocenters. The molecule has 1 amide bonds. The topological polar surface area (TPSA) is 217 Å². The molecule has 0 radical (unpaired) electrons. The van der Waals surface area contributed by atoms with E-state index >= 15 is 0 Å². The summed E-state index contributed by atoms with van der Waals surface area (Å²) in [4.78, 5) is 46.7. The van der Waals surface area contributed by atoms with Gasteiger partial charge in [0.05, 0.1) is 23.4 Å². The highest BCUT2D eigenvalue weighted by Crippen LogP contribution is 2.51. The lowest BCUT2D eigenvalue weighted by molar-refractivity contribution is -0.139. The van der Waals surface area contributed by atoms with Crippen LogP contribution in [0.15, 0.2) is 58.5 Å². The average Bonchev–Trinajstić information content (AvgIpc) is 2.82. The molecule has 1 aromatic carbocycles. The first-order valence-electron chi connectivity index (χ1n) is 10.4. The van der Waals surface area contributed by atoms with Crippen molar-refractivity contribution in [3.63, 3.8) is 0 Å². The maximum Gasteiger partial charge on any atom is 0.256 e. The number of aromatic nitrogens is 2. The van der Waals surface area contributed by atoms with Gasteiger partial charge >= 0.3 is 0 Å². The summed E-state index contributed by atoms with van der Waals surface area (Å²) in [5.74, 6) is -8.46. The van der Waals surface area contributed by atoms with Crippen molar-refractivity contribution in [1.82, 2.24) is 9.97 Å². The highest BCUT2D eigenvalue weighted by atomic mass is 16.4. The van der Waals surface area contributed by atoms with Gasteiger partial charge in [-0.2, -0.15) is 0 Å². The summed E-state index contributed by atoms with van der Waals surface area (Å²) in [6.45, 7) is 0. The molecule has 35 heavy (non-hydrogen) atoms. The fraction of sp³-hybridized carbons (Fsp3) is 0.217. The fourth-order valence-electron chi connectivity index (χ4n) is 5.29. The number of primary amides is 1. The minimum absolute atomic E-state index is 0.0629. The number of rotatable bonds is 2. The fourth-order valence-corrected chi connectivity index (χ4v) is 5.29. The van der Waals surface area contributed by atoms with Gasteiger partial charge in [-0.3, -0.25) is 24.4 Å². The molecule has 3 aliphatic rings. The molecule has 0 fully saturated rings. The molecule has 0 spiro atoms. The molecule has 2 aromatic rings. The average molecular weight is 478 g/mol. The lowest BCUT2D eigenvalue weighted by Crippen LogP contribution is -2.60. The zero-order chi connectivity index (χ0) is 25.2. The third kappa shape index (κ3) is 2.83. The van der Waals surface area contributed by atoms with Gasteiger partial charge in [-0.05, 0) is 36.5 Å². The standard InChI is InChI=1S/C23H18N4O8/c24-22(33)16-19(30)17(27-35)11-6-8-5-10-9(12-7-25-3-4-26-12)1-2-13(28)15(10)18(29)14(8)20(31)23(11,34)21(16)32/h1-4,7-8,11,28,30-31,34-35H,5-6H2,(H2,24,33)/t8-,11-,23-/m0/s1. The van der Waals surface area contributed by atoms with Crippen LogP contribution in [0.4, 0.5) is 0 Å². The van der Waals surface area contributed by atoms with Crippen LogP contribution in [0.5, 0.6) is 5.75 Å². The molecule has 178 valence electrons. The number of oxime groups is 1. The Bertz CT molecular complexity index is 1430. The first-order valence-corrected chi connectivity index (χ1v) is 10.4. The Balaban J connectivity index is 1.74. The summed E-state index contributed by atoms with van der Waals surface area (Å²) in [5.41, 5.74) is 1.45. The molecule has 0 aliphatic heterocycles. The summed E-state index contributed by atoms with van der Waals surface area (Å²) in [6.07, 6.45) is 4.24. The minimum atomic E-state index is -2.89. The van der Waals surface area contributed by atoms with Crippen LogP contribution in [0.3, 0.4) is 0 Å². The SMILES string of the molecule is NC(=O)C1=C(O)C(=NO)[C@@H]2C[C@@H]3Cc4c(-c5cnccn5)ccc(O)c4C(=O)C3=C(O)[C@]2(O)C1=O. The molecule has 12 heteroatoms. The first kappa shape index (κ1) is 22.2. The molecular formula is C23H18N4O8. The summed E-state index contributed by atoms with van der Waals surface area (Å²) < 4.78 is 0. The van der Waals surface area contributed by atoms with Gasteiger partial charge in [0.25, 0.3) is 5.91 Å². The van der Waals surface area contributed by atoms with E-state index in [0.717, 1.165) is 0 Å². The highest BCUT2D eigenvalue weighted by molar-refractivity contribution is 6.31. The number of Topliss-reactive ketones (excluding diaryl/α,β-unsaturated/α-hetero) is 2. The molecule has 12 nitrogen and oxygen atoms in total. The quantitative estimate of drug-likeness (QED) is 0.199. The van der Waals surface area contributed by atoms with Crippen LogP contribution in [0.25, 0.3) is 11.3 Å². The summed E-state index contributed by atoms with van der Waals surface area (Å²) >= 11 is 0. The molecule has 1 aromatic heterocycles. The van der Waals surface area contributed by atoms with E-state index in [1.807, 2.05) is 0 Å². The van der Waals surface area contributed by atoms with Gasteiger partial charge in [0.2, 0.25) is 5.78 Å². The Morgan fingerprint density at radius 2 is 1.91 bits per heavy atom. The highest BCUT2D eigenvalue weighted by Gasteiger charge is 2.62. The number of fused-ring (bicyclic) bond motifs is 3. The summed E-state index contributed by atoms with van der Waals surface area (Å²) in [5, 5.41) is 55.8. The van der Waals surface area contributed by atoms with E-state index < -0.39 is 57.7 Å². The molecule has 0 bridgehead atoms. The molecule has 0 saturated heterocycles. The maximum absolute atomic E-state index is 13.6. The van der Waals surface area contributed by atoms with Gasteiger partial charge in [-0.25, -0.2) is 0 Å². The first-order chi connectivity index (χ1) is 16.6. The third-order valence-electron chi connectivity index (χ3n) is 6.84. The summed E-state index contributed by atoms with van der Waals surface area (Å²) in [7, 11) is 0. The number of nitrogens with zero attached hydrogens (tertiary/aromatic N) is 3. The number of nitrogens with two attached hydrogens (primary N) is 1. The number of amides is 1. The Labute approximate surface area is 196 Å². The number of aromatic hydroxyl groups is 1. The monoisotopic (exact) mass is 478 g/mol. The van der Waals surface area contributed by atoms with Crippen LogP contribution in [-0.2, 0) is 16.0 Å². The van der Waals surface area contributed by atoms with Crippen molar-refractivity contribution in [3.8, 4) is 17.0 Å². The van der Waals surface area contributed by atoms with E-state index in [0.29, 0.717) is 16.8 Å². The zero-order valence-corrected chi connectivity index (χ0v) is 17.8. The molecule has 7 N–H and O–H groups in total. The van der Waals surface area contributed by atoms with Gasteiger partial charge in [-0.1, -0.05) is 5.16 Å². The second-order valence-corrected chi connectivity index (χ2v) is 8.53. The number of phenols is 1. The lowest BCUT2D eigenvalue weighted by Gasteiger charge is -2.45. The van der Waals surface area contributed by atoms with Crippen LogP contribution in [0.2, 0.25) is 0 Å². The van der Waals surface area contributed by atoms with Gasteiger partial charge in [-0.15, -0.1) is 0 Å². The van der Waals surface area contributed by atoms with E-state index in [9.17, 15) is 40.0 Å². The van der Waals surface area contributed by atoms with E-state index in [2.05, 4.69) is 15.1 Å². The van der Waals surface area contributed by atoms with Crippen LogP contribution < -0.4 is 5.73 Å². The van der Waals surface area contributed by atoms with Crippen LogP contribution in [-0.4, -0.2) is 64.4 Å². The molecule has 0 unspecified atom stereocenters. The van der Waals surface area contributed by atoms with Gasteiger partial charge in [0, 0.05) is 23.5 Å². The van der Waals surface area contributed by atoms with Crippen molar-refractivity contribution in [1.29, 1.82) is 0 Å². The molecule has 0 saturated carbocycles. The molecule has 5 rings (SSSR count). The third-order valence-corrected chi connectivity index (χ3v) is 6.84. The number of allylic oxidation sites excluding steroid dienone is 2. The molecule has 3 aliphatic carbocycles. The summed E-state index contributed by atoms with van der Waals surface area (Å²) in [6, 6.07) is 2.85. The number of hydrogen-bond acceptors (Lipinski definition) is 11. The Morgan fingerprint density at radius 3 is 2.54 bits per heavy atom. The Morgan fingerprint density at radius 1 is 1.17 bits per heavy atom. The largest absolute Gasteiger partial charge is 0.508 e. The Hall–Kier alpha value is -4.58. The van der Waals surface area contributed by atoms with Crippen molar-refractivity contribution in [3.05, 3.63) is 64.5 Å². The molecular weight excluding hydrogens is 460 g/mol. The number of ketones is 2. The number of aliphatic hydroxyl groups excluding tert-OH is 2. The zero-order valence-electron chi connectivity index (χ0n) is 17.8. The Kier molecular flexibility index (Phi) is 4.74. The number of benzene rings is 1. The predicted octanol–water partition coefficient (Wildman–Crippen LogP) is 0.478. The number of phenolic OH excluding ortho intramolecular Hbond substituents is 1. The van der Waals surface area contributed by atoms with Gasteiger partial charge in [0.1, 0.15) is 22.8 Å². The van der Waals surface area contributed by atoms with E-state index in [4.69, 9.17) is 5.73 Å². The normalized spacial score (nSPS) is 26.9. The number of hydrogen-bond donors (Lipinski definition) is 6. The lowest BCUT2D eigenvalue weighted by atomic mass is 9.59. The maximum atomic E-state index is 13.6. The van der Waals surface area contributed by atoms with Crippen LogP contribution in [0, 0.1) is 11.8 Å². The van der Waals surface area contributed by atoms with Crippen LogP contribution in [0.1, 0.15) is 22.3 Å². The number of carbonyl (C=O) groups excluding carboxylic acids is 3. The second-order valence-electron chi connectivity index (χ2n) is 8.53. The second kappa shape index (κ2) is 7.46. The van der Waals surface area contributed by atoms with Crippen LogP contribution >= 0.6 is 0 Å². The van der Waals surface area contributed by atoms with Crippen molar-refractivity contribution in [2.24, 2.45) is 22.7 Å². The van der Waals surface area contributed by atoms with Crippen molar-refractivity contribution in [2.45, 2.75) is 18.4 Å². The van der Waals surface area contributed by atoms with Gasteiger partial charge in [0.15, 0.2) is 17.1 Å². The van der Waals surface area contributed by atoms with E-state index in [1.54, 1.807) is 6.07 Å². The smallest absolute Gasteiger partial charge is 0.256 e. The van der Waals surface area contributed by atoms with E-state index in [-0.39, 0.29) is 29.7 Å². The van der Waals surface area contributed by atoms with Crippen molar-refractivity contribution < 1.29 is 40.0 Å².